The average Bonchev–Trinajstić information content (AvgIpc) is 3.74. The van der Waals surface area contributed by atoms with Crippen molar-refractivity contribution in [2.45, 2.75) is 50.1 Å². The zero-order valence-corrected chi connectivity index (χ0v) is 28.1. The van der Waals surface area contributed by atoms with Crippen LogP contribution >= 0.6 is 0 Å². The molecule has 4 atom stereocenters. The van der Waals surface area contributed by atoms with Crippen LogP contribution in [0.4, 0.5) is 9.59 Å². The number of fused-ring (bicyclic) bond motifs is 1. The third kappa shape index (κ3) is 12.2. The van der Waals surface area contributed by atoms with Crippen LogP contribution in [0.1, 0.15) is 46.4 Å². The Balaban J connectivity index is 1.14. The minimum absolute atomic E-state index is 0.0176. The summed E-state index contributed by atoms with van der Waals surface area (Å²) in [6.45, 7) is 7.10. The summed E-state index contributed by atoms with van der Waals surface area (Å²) in [6.07, 6.45) is -0.714. The van der Waals surface area contributed by atoms with E-state index in [-0.39, 0.29) is 62.3 Å². The SMILES string of the molecule is C=CC(=O)OCCCCOC(=O)Oc1ccc(C(=O)OC2COC3C2OC[C@H]3OC(=O)c2ccc(OC(=O)OCCCCOC(=O)C=C)cc2)cc1. The van der Waals surface area contributed by atoms with Crippen molar-refractivity contribution < 1.29 is 76.1 Å². The maximum absolute atomic E-state index is 12.8. The van der Waals surface area contributed by atoms with E-state index in [1.54, 1.807) is 0 Å². The summed E-state index contributed by atoms with van der Waals surface area (Å²) in [5.74, 6) is -2.09. The van der Waals surface area contributed by atoms with Crippen molar-refractivity contribution in [1.82, 2.24) is 0 Å². The van der Waals surface area contributed by atoms with Crippen molar-refractivity contribution in [3.05, 3.63) is 85.0 Å². The molecule has 2 aliphatic heterocycles. The molecular weight excluding hydrogens is 688 g/mol. The van der Waals surface area contributed by atoms with Gasteiger partial charge in [0, 0.05) is 12.2 Å². The van der Waals surface area contributed by atoms with E-state index in [0.717, 1.165) is 12.2 Å². The predicted octanol–water partition coefficient (Wildman–Crippen LogP) is 4.28. The number of carbonyl (C=O) groups excluding carboxylic acids is 6. The summed E-state index contributed by atoms with van der Waals surface area (Å²) in [7, 11) is 0. The first-order valence-electron chi connectivity index (χ1n) is 16.3. The Morgan fingerprint density at radius 3 is 1.25 bits per heavy atom. The Kier molecular flexibility index (Phi) is 15.2. The molecule has 0 N–H and O–H groups in total. The van der Waals surface area contributed by atoms with Crippen LogP contribution in [0.3, 0.4) is 0 Å². The summed E-state index contributed by atoms with van der Waals surface area (Å²) in [6, 6.07) is 11.3. The molecule has 0 aromatic heterocycles. The van der Waals surface area contributed by atoms with E-state index in [1.165, 1.54) is 48.5 Å². The van der Waals surface area contributed by atoms with Crippen LogP contribution < -0.4 is 9.47 Å². The highest BCUT2D eigenvalue weighted by molar-refractivity contribution is 5.90. The summed E-state index contributed by atoms with van der Waals surface area (Å²) < 4.78 is 52.6. The Hall–Kier alpha value is -5.74. The summed E-state index contributed by atoms with van der Waals surface area (Å²) in [5, 5.41) is 0. The van der Waals surface area contributed by atoms with Crippen LogP contribution in [-0.2, 0) is 47.5 Å². The molecule has 0 spiro atoms. The second-order valence-electron chi connectivity index (χ2n) is 11.1. The lowest BCUT2D eigenvalue weighted by Crippen LogP contribution is -2.36. The molecule has 2 aromatic rings. The van der Waals surface area contributed by atoms with E-state index in [2.05, 4.69) is 13.2 Å². The van der Waals surface area contributed by atoms with Gasteiger partial charge < -0.3 is 47.4 Å². The molecule has 0 saturated carbocycles. The monoisotopic (exact) mass is 726 g/mol. The number of rotatable bonds is 18. The minimum atomic E-state index is -0.930. The molecule has 0 bridgehead atoms. The number of unbranched alkanes of at least 4 members (excludes halogenated alkanes) is 2. The van der Waals surface area contributed by atoms with Gasteiger partial charge in [0.05, 0.1) is 50.8 Å². The lowest BCUT2D eigenvalue weighted by atomic mass is 10.1. The van der Waals surface area contributed by atoms with Crippen molar-refractivity contribution in [1.29, 1.82) is 0 Å². The molecule has 2 fully saturated rings. The van der Waals surface area contributed by atoms with E-state index in [0.29, 0.717) is 25.7 Å². The Labute approximate surface area is 298 Å². The topological polar surface area (TPSA) is 195 Å². The molecular formula is C36H38O16. The van der Waals surface area contributed by atoms with Gasteiger partial charge in [0.2, 0.25) is 0 Å². The van der Waals surface area contributed by atoms with Crippen molar-refractivity contribution in [3.63, 3.8) is 0 Å². The highest BCUT2D eigenvalue weighted by Gasteiger charge is 2.51. The van der Waals surface area contributed by atoms with E-state index < -0.39 is 60.6 Å². The van der Waals surface area contributed by atoms with Crippen molar-refractivity contribution in [3.8, 4) is 11.5 Å². The molecule has 2 aliphatic rings. The first-order chi connectivity index (χ1) is 25.2. The van der Waals surface area contributed by atoms with E-state index in [9.17, 15) is 28.8 Å². The molecule has 3 unspecified atom stereocenters. The Bertz CT molecular complexity index is 1450. The molecule has 0 amide bonds. The smallest absolute Gasteiger partial charge is 0.463 e. The first-order valence-corrected chi connectivity index (χ1v) is 16.3. The van der Waals surface area contributed by atoms with Crippen LogP contribution in [0.15, 0.2) is 73.8 Å². The van der Waals surface area contributed by atoms with E-state index >= 15 is 0 Å². The lowest BCUT2D eigenvalue weighted by Gasteiger charge is -2.17. The van der Waals surface area contributed by atoms with Gasteiger partial charge in [-0.05, 0) is 74.2 Å². The van der Waals surface area contributed by atoms with Crippen LogP contribution in [0.5, 0.6) is 11.5 Å². The van der Waals surface area contributed by atoms with Gasteiger partial charge in [-0.3, -0.25) is 0 Å². The third-order valence-corrected chi connectivity index (χ3v) is 7.40. The van der Waals surface area contributed by atoms with Gasteiger partial charge in [0.1, 0.15) is 23.7 Å². The largest absolute Gasteiger partial charge is 0.513 e. The van der Waals surface area contributed by atoms with Gasteiger partial charge in [-0.2, -0.15) is 0 Å². The fourth-order valence-corrected chi connectivity index (χ4v) is 4.79. The molecule has 2 saturated heterocycles. The van der Waals surface area contributed by atoms with Gasteiger partial charge >= 0.3 is 36.2 Å². The van der Waals surface area contributed by atoms with Gasteiger partial charge in [-0.25, -0.2) is 28.8 Å². The molecule has 16 nitrogen and oxygen atoms in total. The number of carbonyl (C=O) groups is 6. The standard InChI is InChI=1S/C36H38O16/c1-3-29(37)43-17-5-7-19-45-35(41)49-25-13-9-23(10-14-25)33(39)51-27-21-47-32-28(22-48-31(27)32)52-34(40)24-11-15-26(16-12-24)50-36(42)46-20-8-6-18-44-30(38)4-2/h3-4,9-16,27-28,31-32H,1-2,5-8,17-22H2/t27-,28?,31?,32?/m1/s1. The molecule has 278 valence electrons. The lowest BCUT2D eigenvalue weighted by molar-refractivity contribution is -0.138. The second kappa shape index (κ2) is 20.2. The zero-order chi connectivity index (χ0) is 37.3. The van der Waals surface area contributed by atoms with Crippen molar-refractivity contribution in [2.24, 2.45) is 0 Å². The maximum Gasteiger partial charge on any atom is 0.513 e. The maximum atomic E-state index is 12.8. The number of ether oxygens (including phenoxy) is 10. The zero-order valence-electron chi connectivity index (χ0n) is 28.1. The van der Waals surface area contributed by atoms with Gasteiger partial charge in [-0.15, -0.1) is 0 Å². The molecule has 16 heteroatoms. The van der Waals surface area contributed by atoms with Gasteiger partial charge in [-0.1, -0.05) is 13.2 Å². The number of hydrogen-bond acceptors (Lipinski definition) is 16. The normalized spacial score (nSPS) is 18.5. The molecule has 2 aromatic carbocycles. The van der Waals surface area contributed by atoms with Gasteiger partial charge in [0.15, 0.2) is 12.2 Å². The van der Waals surface area contributed by atoms with Crippen LogP contribution in [-0.4, -0.2) is 100 Å². The summed E-state index contributed by atoms with van der Waals surface area (Å²) in [4.78, 5) is 71.5. The second-order valence-corrected chi connectivity index (χ2v) is 11.1. The number of esters is 4. The molecule has 0 radical (unpaired) electrons. The van der Waals surface area contributed by atoms with Crippen LogP contribution in [0.25, 0.3) is 0 Å². The van der Waals surface area contributed by atoms with Crippen molar-refractivity contribution >= 4 is 36.2 Å². The van der Waals surface area contributed by atoms with Crippen LogP contribution in [0.2, 0.25) is 0 Å². The van der Waals surface area contributed by atoms with E-state index in [1.807, 2.05) is 0 Å². The molecule has 0 aliphatic carbocycles. The molecule has 4 rings (SSSR count). The fourth-order valence-electron chi connectivity index (χ4n) is 4.79. The Morgan fingerprint density at radius 1 is 0.558 bits per heavy atom. The molecule has 2 heterocycles. The summed E-state index contributed by atoms with van der Waals surface area (Å²) in [5.41, 5.74) is 0.368. The Morgan fingerprint density at radius 2 is 0.904 bits per heavy atom. The third-order valence-electron chi connectivity index (χ3n) is 7.40. The number of benzene rings is 2. The predicted molar refractivity (Wildman–Crippen MR) is 176 cm³/mol. The first kappa shape index (κ1) is 39.1. The highest BCUT2D eigenvalue weighted by Crippen LogP contribution is 2.32. The highest BCUT2D eigenvalue weighted by atomic mass is 16.7. The number of hydrogen-bond donors (Lipinski definition) is 0. The minimum Gasteiger partial charge on any atom is -0.463 e. The van der Waals surface area contributed by atoms with Crippen LogP contribution in [0, 0.1) is 0 Å². The average molecular weight is 727 g/mol. The van der Waals surface area contributed by atoms with Gasteiger partial charge in [0.25, 0.3) is 0 Å². The fraction of sp³-hybridized carbons (Fsp3) is 0.389. The quantitative estimate of drug-likeness (QED) is 0.0693. The van der Waals surface area contributed by atoms with Crippen molar-refractivity contribution in [2.75, 3.05) is 39.6 Å². The van der Waals surface area contributed by atoms with E-state index in [4.69, 9.17) is 47.4 Å². The molecule has 52 heavy (non-hydrogen) atoms. The summed E-state index contributed by atoms with van der Waals surface area (Å²) >= 11 is 0.